The minimum atomic E-state index is -4.36. The van der Waals surface area contributed by atoms with Crippen molar-refractivity contribution in [2.24, 2.45) is 0 Å². The average molecular weight is 401 g/mol. The van der Waals surface area contributed by atoms with Gasteiger partial charge in [-0.3, -0.25) is 21.3 Å². The van der Waals surface area contributed by atoms with Crippen molar-refractivity contribution in [2.45, 2.75) is 45.2 Å². The largest absolute Gasteiger partial charge is 0.390 e. The second-order valence-electron chi connectivity index (χ2n) is 5.00. The zero-order chi connectivity index (χ0) is 17.6. The molecule has 0 saturated heterocycles. The molecule has 0 aromatic heterocycles. The van der Waals surface area contributed by atoms with Crippen molar-refractivity contribution >= 4 is 41.4 Å². The van der Waals surface area contributed by atoms with Gasteiger partial charge in [-0.05, 0) is 26.1 Å². The lowest BCUT2D eigenvalue weighted by atomic mass is 10.2. The van der Waals surface area contributed by atoms with Gasteiger partial charge < -0.3 is 0 Å². The van der Waals surface area contributed by atoms with Gasteiger partial charge in [0.2, 0.25) is 8.32 Å². The molecular weight excluding hydrogens is 380 g/mol. The zero-order valence-corrected chi connectivity index (χ0v) is 15.9. The summed E-state index contributed by atoms with van der Waals surface area (Å²) in [4.78, 5) is 0. The molecule has 0 radical (unpaired) electrons. The number of hydrogen-bond donors (Lipinski definition) is 2. The van der Waals surface area contributed by atoms with E-state index < -0.39 is 60.3 Å². The SMILES string of the molecule is CCC(OS(=O)(=O)O[Si](C)(C)C)C(COS(=O)O)OS(=O)O. The van der Waals surface area contributed by atoms with E-state index in [1.54, 1.807) is 19.6 Å². The van der Waals surface area contributed by atoms with E-state index >= 15 is 0 Å². The molecule has 134 valence electrons. The van der Waals surface area contributed by atoms with Gasteiger partial charge in [-0.1, -0.05) is 6.92 Å². The molecule has 0 aliphatic rings. The van der Waals surface area contributed by atoms with Crippen LogP contribution in [-0.2, 0) is 49.5 Å². The van der Waals surface area contributed by atoms with Crippen LogP contribution in [0.4, 0.5) is 0 Å². The summed E-state index contributed by atoms with van der Waals surface area (Å²) in [7, 11) is -6.82. The Morgan fingerprint density at radius 1 is 1.09 bits per heavy atom. The fourth-order valence-corrected chi connectivity index (χ4v) is 5.11. The van der Waals surface area contributed by atoms with Crippen LogP contribution in [0.1, 0.15) is 13.3 Å². The molecule has 0 aliphatic carbocycles. The van der Waals surface area contributed by atoms with E-state index in [2.05, 4.69) is 8.37 Å². The summed E-state index contributed by atoms with van der Waals surface area (Å²) in [5, 5.41) is 0. The molecule has 22 heavy (non-hydrogen) atoms. The Balaban J connectivity index is 5.05. The van der Waals surface area contributed by atoms with E-state index in [1.165, 1.54) is 6.92 Å². The Bertz CT molecular complexity index is 487. The highest BCUT2D eigenvalue weighted by Crippen LogP contribution is 2.17. The van der Waals surface area contributed by atoms with E-state index in [1.807, 2.05) is 0 Å². The van der Waals surface area contributed by atoms with Crippen molar-refractivity contribution in [3.8, 4) is 0 Å². The van der Waals surface area contributed by atoms with E-state index in [0.29, 0.717) is 0 Å². The maximum absolute atomic E-state index is 11.8. The highest BCUT2D eigenvalue weighted by molar-refractivity contribution is 7.83. The first-order valence-electron chi connectivity index (χ1n) is 6.02. The molecule has 2 N–H and O–H groups in total. The zero-order valence-electron chi connectivity index (χ0n) is 12.5. The molecule has 0 bridgehead atoms. The molecule has 4 unspecified atom stereocenters. The van der Waals surface area contributed by atoms with E-state index in [-0.39, 0.29) is 6.42 Å². The summed E-state index contributed by atoms with van der Waals surface area (Å²) in [6.45, 7) is 5.79. The molecule has 0 aromatic rings. The molecule has 0 aliphatic heterocycles. The molecule has 0 heterocycles. The minimum absolute atomic E-state index is 0.0532. The molecule has 0 spiro atoms. The van der Waals surface area contributed by atoms with E-state index in [4.69, 9.17) is 17.2 Å². The predicted octanol–water partition coefficient (Wildman–Crippen LogP) is 0.553. The second-order valence-corrected chi connectivity index (χ2v) is 12.2. The Labute approximate surface area is 135 Å². The van der Waals surface area contributed by atoms with Crippen molar-refractivity contribution in [3.05, 3.63) is 0 Å². The van der Waals surface area contributed by atoms with Crippen molar-refractivity contribution < 1.29 is 42.4 Å². The second kappa shape index (κ2) is 9.51. The first-order valence-corrected chi connectivity index (χ1v) is 12.8. The molecule has 0 aromatic carbocycles. The minimum Gasteiger partial charge on any atom is -0.294 e. The number of rotatable bonds is 11. The molecule has 0 fully saturated rings. The third kappa shape index (κ3) is 10.9. The topological polar surface area (TPSA) is 146 Å². The third-order valence-corrected chi connectivity index (χ3v) is 6.00. The molecule has 0 amide bonds. The van der Waals surface area contributed by atoms with Gasteiger partial charge in [-0.2, -0.15) is 16.8 Å². The molecular formula is C8H20O10S3Si. The summed E-state index contributed by atoms with van der Waals surface area (Å²) in [5.74, 6) is 0. The van der Waals surface area contributed by atoms with Crippen LogP contribution < -0.4 is 0 Å². The van der Waals surface area contributed by atoms with Gasteiger partial charge in [0, 0.05) is 0 Å². The monoisotopic (exact) mass is 400 g/mol. The van der Waals surface area contributed by atoms with Crippen molar-refractivity contribution in [3.63, 3.8) is 0 Å². The summed E-state index contributed by atoms with van der Waals surface area (Å²) >= 11 is -5.40. The van der Waals surface area contributed by atoms with Crippen LogP contribution >= 0.6 is 0 Å². The fraction of sp³-hybridized carbons (Fsp3) is 1.00. The smallest absolute Gasteiger partial charge is 0.294 e. The van der Waals surface area contributed by atoms with Crippen LogP contribution in [0.3, 0.4) is 0 Å². The molecule has 10 nitrogen and oxygen atoms in total. The molecule has 0 rings (SSSR count). The Morgan fingerprint density at radius 3 is 2.00 bits per heavy atom. The third-order valence-electron chi connectivity index (χ3n) is 1.95. The van der Waals surface area contributed by atoms with E-state index in [9.17, 15) is 16.8 Å². The normalized spacial score (nSPS) is 18.6. The van der Waals surface area contributed by atoms with Crippen LogP contribution in [0.5, 0.6) is 0 Å². The average Bonchev–Trinajstić information content (AvgIpc) is 2.27. The van der Waals surface area contributed by atoms with E-state index in [0.717, 1.165) is 0 Å². The lowest BCUT2D eigenvalue weighted by Crippen LogP contribution is -2.40. The summed E-state index contributed by atoms with van der Waals surface area (Å²) in [6.07, 6.45) is -2.55. The lowest BCUT2D eigenvalue weighted by molar-refractivity contribution is 0.0230. The maximum Gasteiger partial charge on any atom is 0.390 e. The van der Waals surface area contributed by atoms with Gasteiger partial charge in [0.05, 0.1) is 6.61 Å². The summed E-state index contributed by atoms with van der Waals surface area (Å²) in [6, 6.07) is 0. The quantitative estimate of drug-likeness (QED) is 0.372. The Kier molecular flexibility index (Phi) is 9.60. The fourth-order valence-electron chi connectivity index (χ4n) is 1.30. The van der Waals surface area contributed by atoms with Gasteiger partial charge in [-0.25, -0.2) is 4.18 Å². The first-order chi connectivity index (χ1) is 9.86. The van der Waals surface area contributed by atoms with Gasteiger partial charge in [0.15, 0.2) is 0 Å². The van der Waals surface area contributed by atoms with Crippen LogP contribution in [0.15, 0.2) is 0 Å². The highest BCUT2D eigenvalue weighted by atomic mass is 32.3. The Hall–Kier alpha value is 0.227. The Morgan fingerprint density at radius 2 is 1.64 bits per heavy atom. The van der Waals surface area contributed by atoms with Crippen LogP contribution in [-0.4, -0.2) is 53.1 Å². The number of hydrogen-bond acceptors (Lipinski definition) is 8. The van der Waals surface area contributed by atoms with Crippen LogP contribution in [0.25, 0.3) is 0 Å². The molecule has 0 saturated carbocycles. The standard InChI is InChI=1S/C8H20O10S3Si/c1-5-7(17-21(13,14)18-22(2,3)4)8(16-20(11)12)6-15-19(9)10/h7-8H,5-6H2,1-4H3,(H,9,10)(H,11,12). The van der Waals surface area contributed by atoms with Gasteiger partial charge >= 0.3 is 33.1 Å². The molecule has 4 atom stereocenters. The first kappa shape index (κ1) is 22.2. The van der Waals surface area contributed by atoms with Crippen molar-refractivity contribution in [2.75, 3.05) is 6.61 Å². The highest BCUT2D eigenvalue weighted by Gasteiger charge is 2.33. The predicted molar refractivity (Wildman–Crippen MR) is 80.9 cm³/mol. The van der Waals surface area contributed by atoms with Crippen molar-refractivity contribution in [1.29, 1.82) is 0 Å². The van der Waals surface area contributed by atoms with Crippen LogP contribution in [0, 0.1) is 0 Å². The van der Waals surface area contributed by atoms with Gasteiger partial charge in [0.25, 0.3) is 0 Å². The lowest BCUT2D eigenvalue weighted by Gasteiger charge is -2.25. The van der Waals surface area contributed by atoms with Gasteiger partial charge in [-0.15, -0.1) is 0 Å². The maximum atomic E-state index is 11.8. The molecule has 14 heteroatoms. The summed E-state index contributed by atoms with van der Waals surface area (Å²) < 4.78 is 80.7. The van der Waals surface area contributed by atoms with Gasteiger partial charge in [0.1, 0.15) is 12.2 Å². The summed E-state index contributed by atoms with van der Waals surface area (Å²) in [5.41, 5.74) is 0. The van der Waals surface area contributed by atoms with Crippen LogP contribution in [0.2, 0.25) is 19.6 Å². The van der Waals surface area contributed by atoms with Crippen molar-refractivity contribution in [1.82, 2.24) is 0 Å².